The summed E-state index contributed by atoms with van der Waals surface area (Å²) >= 11 is 6.19. The van der Waals surface area contributed by atoms with E-state index < -0.39 is 0 Å². The minimum Gasteiger partial charge on any atom is -0.383 e. The summed E-state index contributed by atoms with van der Waals surface area (Å²) in [5.41, 5.74) is 16.7. The highest BCUT2D eigenvalue weighted by molar-refractivity contribution is 6.37. The number of anilines is 3. The van der Waals surface area contributed by atoms with Gasteiger partial charge in [-0.05, 0) is 44.2 Å². The molecule has 2 fully saturated rings. The lowest BCUT2D eigenvalue weighted by molar-refractivity contribution is 0.225. The first-order valence-corrected chi connectivity index (χ1v) is 10.9. The van der Waals surface area contributed by atoms with Crippen LogP contribution in [0.3, 0.4) is 0 Å². The lowest BCUT2D eigenvalue weighted by atomic mass is 9.77. The van der Waals surface area contributed by atoms with E-state index in [9.17, 15) is 4.79 Å². The topological polar surface area (TPSA) is 153 Å². The zero-order chi connectivity index (χ0) is 22.8. The number of hydrogen-bond acceptors (Lipinski definition) is 8. The van der Waals surface area contributed by atoms with Crippen LogP contribution >= 0.6 is 11.6 Å². The van der Waals surface area contributed by atoms with Crippen molar-refractivity contribution in [2.75, 3.05) is 36.5 Å². The van der Waals surface area contributed by atoms with E-state index in [1.54, 1.807) is 13.1 Å². The Kier molecular flexibility index (Phi) is 6.86. The number of aromatic nitrogens is 3. The van der Waals surface area contributed by atoms with E-state index in [2.05, 4.69) is 20.6 Å². The van der Waals surface area contributed by atoms with E-state index in [4.69, 9.17) is 28.5 Å². The van der Waals surface area contributed by atoms with Gasteiger partial charge in [0, 0.05) is 31.9 Å². The van der Waals surface area contributed by atoms with Gasteiger partial charge in [0.25, 0.3) is 5.56 Å². The molecule has 168 valence electrons. The number of hydrogen-bond donors (Lipinski definition) is 4. The molecule has 3 heterocycles. The maximum atomic E-state index is 13.1. The SMILES string of the molecule is CN.Cn1c(N2CCC3(CCCC3)CC2)nc(N)c(C(=N)c2ccnc(N)c2Cl)c1=O. The van der Waals surface area contributed by atoms with Crippen LogP contribution in [0.25, 0.3) is 0 Å². The van der Waals surface area contributed by atoms with Gasteiger partial charge in [0.05, 0.1) is 10.7 Å². The quantitative estimate of drug-likeness (QED) is 0.526. The zero-order valence-corrected chi connectivity index (χ0v) is 18.9. The Hall–Kier alpha value is -2.65. The van der Waals surface area contributed by atoms with Gasteiger partial charge in [0.15, 0.2) is 0 Å². The van der Waals surface area contributed by atoms with Crippen molar-refractivity contribution in [2.24, 2.45) is 18.2 Å². The lowest BCUT2D eigenvalue weighted by Crippen LogP contribution is -2.42. The number of pyridine rings is 1. The maximum Gasteiger partial charge on any atom is 0.266 e. The Morgan fingerprint density at radius 1 is 1.13 bits per heavy atom. The Morgan fingerprint density at radius 2 is 1.74 bits per heavy atom. The van der Waals surface area contributed by atoms with Crippen molar-refractivity contribution in [3.63, 3.8) is 0 Å². The molecule has 2 aromatic heterocycles. The molecule has 9 nitrogen and oxygen atoms in total. The molecule has 0 aromatic carbocycles. The number of piperidine rings is 1. The summed E-state index contributed by atoms with van der Waals surface area (Å²) in [5.74, 6) is 0.681. The van der Waals surface area contributed by atoms with Crippen molar-refractivity contribution in [2.45, 2.75) is 38.5 Å². The van der Waals surface area contributed by atoms with Crippen molar-refractivity contribution < 1.29 is 0 Å². The van der Waals surface area contributed by atoms with E-state index in [-0.39, 0.29) is 33.5 Å². The van der Waals surface area contributed by atoms with Gasteiger partial charge >= 0.3 is 0 Å². The van der Waals surface area contributed by atoms with Crippen LogP contribution < -0.4 is 27.7 Å². The molecule has 1 spiro atoms. The number of nitrogens with two attached hydrogens (primary N) is 3. The van der Waals surface area contributed by atoms with Crippen LogP contribution in [-0.4, -0.2) is 40.4 Å². The summed E-state index contributed by atoms with van der Waals surface area (Å²) in [6.07, 6.45) is 8.94. The summed E-state index contributed by atoms with van der Waals surface area (Å²) < 4.78 is 1.48. The monoisotopic (exact) mass is 446 g/mol. The van der Waals surface area contributed by atoms with Gasteiger partial charge in [-0.15, -0.1) is 0 Å². The first-order chi connectivity index (χ1) is 14.8. The zero-order valence-electron chi connectivity index (χ0n) is 18.1. The van der Waals surface area contributed by atoms with Gasteiger partial charge in [-0.3, -0.25) is 14.8 Å². The first kappa shape index (κ1) is 23.0. The normalized spacial score (nSPS) is 17.4. The third-order valence-electron chi connectivity index (χ3n) is 6.50. The smallest absolute Gasteiger partial charge is 0.266 e. The third kappa shape index (κ3) is 4.24. The molecular weight excluding hydrogens is 416 g/mol. The van der Waals surface area contributed by atoms with E-state index >= 15 is 0 Å². The third-order valence-corrected chi connectivity index (χ3v) is 6.90. The molecule has 2 aliphatic rings. The maximum absolute atomic E-state index is 13.1. The summed E-state index contributed by atoms with van der Waals surface area (Å²) in [5, 5.41) is 8.62. The van der Waals surface area contributed by atoms with Crippen molar-refractivity contribution >= 4 is 34.9 Å². The van der Waals surface area contributed by atoms with E-state index in [0.717, 1.165) is 25.9 Å². The Balaban J connectivity index is 0.00000132. The fraction of sp³-hybridized carbons (Fsp3) is 0.524. The average molecular weight is 447 g/mol. The van der Waals surface area contributed by atoms with Gasteiger partial charge in [-0.25, -0.2) is 4.98 Å². The van der Waals surface area contributed by atoms with Crippen LogP contribution in [0.4, 0.5) is 17.6 Å². The minimum atomic E-state index is -0.370. The highest BCUT2D eigenvalue weighted by atomic mass is 35.5. The second-order valence-corrected chi connectivity index (χ2v) is 8.54. The number of nitrogens with one attached hydrogen (secondary N) is 1. The van der Waals surface area contributed by atoms with Gasteiger partial charge in [-0.2, -0.15) is 4.98 Å². The molecule has 0 amide bonds. The highest BCUT2D eigenvalue weighted by Crippen LogP contribution is 2.46. The molecule has 4 rings (SSSR count). The Labute approximate surface area is 187 Å². The molecular formula is C21H31ClN8O. The highest BCUT2D eigenvalue weighted by Gasteiger charge is 2.37. The molecule has 2 aromatic rings. The van der Waals surface area contributed by atoms with Gasteiger partial charge < -0.3 is 22.1 Å². The van der Waals surface area contributed by atoms with Gasteiger partial charge in [0.2, 0.25) is 5.95 Å². The van der Waals surface area contributed by atoms with Gasteiger partial charge in [0.1, 0.15) is 17.2 Å². The number of rotatable bonds is 3. The predicted octanol–water partition coefficient (Wildman–Crippen LogP) is 2.14. The number of nitrogen functional groups attached to an aromatic ring is 2. The van der Waals surface area contributed by atoms with Crippen LogP contribution in [0.15, 0.2) is 17.1 Å². The fourth-order valence-electron chi connectivity index (χ4n) is 4.72. The van der Waals surface area contributed by atoms with Crippen molar-refractivity contribution in [1.82, 2.24) is 14.5 Å². The molecule has 1 aliphatic heterocycles. The number of nitrogens with zero attached hydrogens (tertiary/aromatic N) is 4. The molecule has 7 N–H and O–H groups in total. The molecule has 0 atom stereocenters. The molecule has 0 unspecified atom stereocenters. The molecule has 0 bridgehead atoms. The average Bonchev–Trinajstić information content (AvgIpc) is 3.22. The lowest BCUT2D eigenvalue weighted by Gasteiger charge is -2.40. The molecule has 1 saturated carbocycles. The van der Waals surface area contributed by atoms with Crippen molar-refractivity contribution in [3.05, 3.63) is 38.8 Å². The van der Waals surface area contributed by atoms with Crippen LogP contribution in [0.5, 0.6) is 0 Å². The molecule has 0 radical (unpaired) electrons. The van der Waals surface area contributed by atoms with Crippen LogP contribution in [0.1, 0.15) is 49.7 Å². The fourth-order valence-corrected chi connectivity index (χ4v) is 4.92. The Bertz CT molecular complexity index is 1020. The van der Waals surface area contributed by atoms with E-state index in [1.165, 1.54) is 43.5 Å². The van der Waals surface area contributed by atoms with E-state index in [1.807, 2.05) is 0 Å². The second-order valence-electron chi connectivity index (χ2n) is 8.16. The molecule has 10 heteroatoms. The summed E-state index contributed by atoms with van der Waals surface area (Å²) in [6.45, 7) is 1.73. The van der Waals surface area contributed by atoms with Crippen molar-refractivity contribution in [3.8, 4) is 0 Å². The van der Waals surface area contributed by atoms with Crippen LogP contribution in [0.2, 0.25) is 5.02 Å². The minimum absolute atomic E-state index is 0.0213. The standard InChI is InChI=1S/C20H26ClN7O.CH5N/c1-27-18(29)13(15(22)12-4-9-25-17(24)14(12)21)16(23)26-19(27)28-10-7-20(8-11-28)5-2-3-6-20;1-2/h4,9,22H,2-3,5-8,10-11,23H2,1H3,(H2,24,25);2H2,1H3. The molecule has 1 aliphatic carbocycles. The first-order valence-electron chi connectivity index (χ1n) is 10.5. The summed E-state index contributed by atoms with van der Waals surface area (Å²) in [4.78, 5) is 23.6. The summed E-state index contributed by atoms with van der Waals surface area (Å²) in [6, 6.07) is 1.54. The predicted molar refractivity (Wildman–Crippen MR) is 126 cm³/mol. The van der Waals surface area contributed by atoms with Crippen LogP contribution in [-0.2, 0) is 7.05 Å². The number of halogens is 1. The van der Waals surface area contributed by atoms with E-state index in [0.29, 0.717) is 16.9 Å². The molecule has 31 heavy (non-hydrogen) atoms. The second kappa shape index (κ2) is 9.23. The van der Waals surface area contributed by atoms with Gasteiger partial charge in [-0.1, -0.05) is 24.4 Å². The van der Waals surface area contributed by atoms with Crippen LogP contribution in [0, 0.1) is 10.8 Å². The molecule has 1 saturated heterocycles. The summed E-state index contributed by atoms with van der Waals surface area (Å²) in [7, 11) is 3.17. The Morgan fingerprint density at radius 3 is 2.35 bits per heavy atom. The van der Waals surface area contributed by atoms with Crippen molar-refractivity contribution in [1.29, 1.82) is 5.41 Å². The largest absolute Gasteiger partial charge is 0.383 e.